The Labute approximate surface area is 182 Å². The van der Waals surface area contributed by atoms with Crippen LogP contribution >= 0.6 is 0 Å². The zero-order valence-corrected chi connectivity index (χ0v) is 19.1. The van der Waals surface area contributed by atoms with Gasteiger partial charge in [-0.25, -0.2) is 4.79 Å². The summed E-state index contributed by atoms with van der Waals surface area (Å²) in [5.74, 6) is 1.09. The van der Waals surface area contributed by atoms with Crippen LogP contribution in [0.4, 0.5) is 11.6 Å². The van der Waals surface area contributed by atoms with Crippen LogP contribution in [0.25, 0.3) is 11.2 Å². The molecule has 2 aromatic heterocycles. The van der Waals surface area contributed by atoms with Crippen molar-refractivity contribution in [1.82, 2.24) is 18.7 Å². The number of aryl methyl sites for hydroxylation is 2. The predicted octanol–water partition coefficient (Wildman–Crippen LogP) is 3.96. The second-order valence-corrected chi connectivity index (χ2v) is 8.96. The predicted molar refractivity (Wildman–Crippen MR) is 125 cm³/mol. The fourth-order valence-electron chi connectivity index (χ4n) is 4.59. The van der Waals surface area contributed by atoms with E-state index in [-0.39, 0.29) is 11.2 Å². The van der Waals surface area contributed by atoms with E-state index in [9.17, 15) is 9.59 Å². The number of imidazole rings is 1. The third-order valence-corrected chi connectivity index (χ3v) is 6.24. The summed E-state index contributed by atoms with van der Waals surface area (Å²) in [5.41, 5.74) is 2.75. The van der Waals surface area contributed by atoms with Crippen molar-refractivity contribution in [2.45, 2.75) is 66.0 Å². The number of unbranched alkanes of at least 4 members (excludes halogenated alkanes) is 4. The van der Waals surface area contributed by atoms with Crippen LogP contribution in [0.5, 0.6) is 0 Å². The number of benzene rings is 1. The van der Waals surface area contributed by atoms with Crippen LogP contribution in [0.3, 0.4) is 0 Å². The Bertz CT molecular complexity index is 1200. The van der Waals surface area contributed by atoms with E-state index in [0.29, 0.717) is 23.6 Å². The third kappa shape index (κ3) is 3.93. The van der Waals surface area contributed by atoms with Crippen molar-refractivity contribution in [3.8, 4) is 0 Å². The Kier molecular flexibility index (Phi) is 6.03. The molecular weight excluding hydrogens is 390 g/mol. The number of rotatable bonds is 7. The molecule has 1 aliphatic heterocycles. The van der Waals surface area contributed by atoms with E-state index in [4.69, 9.17) is 4.98 Å². The lowest BCUT2D eigenvalue weighted by Gasteiger charge is -2.33. The van der Waals surface area contributed by atoms with E-state index in [1.54, 1.807) is 7.05 Å². The van der Waals surface area contributed by atoms with Crippen LogP contribution in [0, 0.1) is 12.8 Å². The lowest BCUT2D eigenvalue weighted by atomic mass is 10.1. The molecule has 3 aromatic rings. The lowest BCUT2D eigenvalue weighted by molar-refractivity contribution is 0.457. The number of fused-ring (bicyclic) bond motifs is 3. The van der Waals surface area contributed by atoms with Crippen molar-refractivity contribution < 1.29 is 0 Å². The van der Waals surface area contributed by atoms with Crippen LogP contribution < -0.4 is 16.1 Å². The van der Waals surface area contributed by atoms with Gasteiger partial charge in [0.25, 0.3) is 5.56 Å². The highest BCUT2D eigenvalue weighted by Crippen LogP contribution is 2.33. The van der Waals surface area contributed by atoms with Gasteiger partial charge < -0.3 is 9.47 Å². The summed E-state index contributed by atoms with van der Waals surface area (Å²) >= 11 is 0. The maximum atomic E-state index is 13.4. The molecule has 1 aromatic carbocycles. The molecule has 7 heteroatoms. The summed E-state index contributed by atoms with van der Waals surface area (Å²) in [5, 5.41) is 0. The molecule has 0 N–H and O–H groups in total. The smallest absolute Gasteiger partial charge is 0.312 e. The molecule has 0 bridgehead atoms. The topological polar surface area (TPSA) is 65.1 Å². The Hall–Kier alpha value is -2.83. The quantitative estimate of drug-likeness (QED) is 0.540. The first-order valence-electron chi connectivity index (χ1n) is 11.5. The first kappa shape index (κ1) is 21.4. The van der Waals surface area contributed by atoms with E-state index in [1.165, 1.54) is 27.5 Å². The Balaban J connectivity index is 1.81. The van der Waals surface area contributed by atoms with Gasteiger partial charge in [-0.15, -0.1) is 0 Å². The normalized spacial score (nSPS) is 16.1. The van der Waals surface area contributed by atoms with Crippen molar-refractivity contribution in [3.63, 3.8) is 0 Å². The van der Waals surface area contributed by atoms with Gasteiger partial charge in [0.2, 0.25) is 5.95 Å². The molecule has 7 nitrogen and oxygen atoms in total. The van der Waals surface area contributed by atoms with E-state index < -0.39 is 0 Å². The molecule has 0 fully saturated rings. The summed E-state index contributed by atoms with van der Waals surface area (Å²) in [7, 11) is 1.72. The highest BCUT2D eigenvalue weighted by atomic mass is 16.2. The number of anilines is 2. The Morgan fingerprint density at radius 1 is 1.10 bits per heavy atom. The molecular formula is C24H33N5O2. The maximum Gasteiger partial charge on any atom is 0.332 e. The van der Waals surface area contributed by atoms with Crippen LogP contribution in [-0.2, 0) is 20.1 Å². The molecule has 0 spiro atoms. The molecule has 0 saturated carbocycles. The van der Waals surface area contributed by atoms with Gasteiger partial charge in [0, 0.05) is 32.4 Å². The van der Waals surface area contributed by atoms with Crippen molar-refractivity contribution in [3.05, 3.63) is 50.7 Å². The Morgan fingerprint density at radius 2 is 1.87 bits per heavy atom. The van der Waals surface area contributed by atoms with Gasteiger partial charge in [0.1, 0.15) is 0 Å². The Morgan fingerprint density at radius 3 is 2.61 bits per heavy atom. The van der Waals surface area contributed by atoms with E-state index in [1.807, 2.05) is 10.6 Å². The van der Waals surface area contributed by atoms with Crippen molar-refractivity contribution in [2.24, 2.45) is 13.0 Å². The van der Waals surface area contributed by atoms with E-state index in [0.717, 1.165) is 44.0 Å². The molecule has 4 rings (SSSR count). The van der Waals surface area contributed by atoms with Gasteiger partial charge in [0.15, 0.2) is 11.2 Å². The van der Waals surface area contributed by atoms with Gasteiger partial charge in [-0.05, 0) is 37.0 Å². The minimum absolute atomic E-state index is 0.217. The fourth-order valence-corrected chi connectivity index (χ4v) is 4.59. The minimum atomic E-state index is -0.279. The fraction of sp³-hybridized carbons (Fsp3) is 0.542. The van der Waals surface area contributed by atoms with Gasteiger partial charge in [0.05, 0.1) is 0 Å². The maximum absolute atomic E-state index is 13.4. The second-order valence-electron chi connectivity index (χ2n) is 8.96. The molecule has 3 heterocycles. The monoisotopic (exact) mass is 423 g/mol. The number of hydrogen-bond donors (Lipinski definition) is 0. The molecule has 1 aliphatic rings. The van der Waals surface area contributed by atoms with Gasteiger partial charge in [-0.3, -0.25) is 13.9 Å². The summed E-state index contributed by atoms with van der Waals surface area (Å²) in [6.45, 7) is 8.44. The summed E-state index contributed by atoms with van der Waals surface area (Å²) < 4.78 is 4.95. The summed E-state index contributed by atoms with van der Waals surface area (Å²) in [6.07, 6.45) is 5.37. The van der Waals surface area contributed by atoms with Crippen molar-refractivity contribution in [2.75, 3.05) is 11.4 Å². The van der Waals surface area contributed by atoms with Crippen LogP contribution in [0.1, 0.15) is 51.5 Å². The average molecular weight is 424 g/mol. The molecule has 0 amide bonds. The lowest BCUT2D eigenvalue weighted by Crippen LogP contribution is -2.40. The summed E-state index contributed by atoms with van der Waals surface area (Å²) in [4.78, 5) is 33.4. The number of aromatic nitrogens is 4. The van der Waals surface area contributed by atoms with Gasteiger partial charge in [-0.2, -0.15) is 4.98 Å². The van der Waals surface area contributed by atoms with Crippen molar-refractivity contribution >= 4 is 22.8 Å². The zero-order chi connectivity index (χ0) is 22.1. The van der Waals surface area contributed by atoms with Crippen LogP contribution in [0.2, 0.25) is 0 Å². The zero-order valence-electron chi connectivity index (χ0n) is 19.1. The standard InChI is InChI=1S/C24H33N5O2/c1-5-6-7-8-9-13-27-22(30)20-21(26(4)24(27)31)25-23-28(15-18(3)16-29(20)23)19-12-10-11-17(2)14-19/h10-12,14,18H,5-9,13,15-16H2,1-4H3/t18-/m0/s1. The number of hydrogen-bond acceptors (Lipinski definition) is 4. The second kappa shape index (κ2) is 8.73. The first-order valence-corrected chi connectivity index (χ1v) is 11.5. The van der Waals surface area contributed by atoms with E-state index >= 15 is 0 Å². The SMILES string of the molecule is CCCCCCCn1c(=O)c2c(nc3n2C[C@@H](C)CN3c2cccc(C)c2)n(C)c1=O. The van der Waals surface area contributed by atoms with Crippen LogP contribution in [0.15, 0.2) is 33.9 Å². The highest BCUT2D eigenvalue weighted by molar-refractivity contribution is 5.77. The molecule has 31 heavy (non-hydrogen) atoms. The molecule has 0 saturated heterocycles. The summed E-state index contributed by atoms with van der Waals surface area (Å²) in [6, 6.07) is 8.32. The average Bonchev–Trinajstić information content (AvgIpc) is 3.13. The third-order valence-electron chi connectivity index (χ3n) is 6.24. The van der Waals surface area contributed by atoms with Gasteiger partial charge in [-0.1, -0.05) is 51.7 Å². The molecule has 0 unspecified atom stereocenters. The van der Waals surface area contributed by atoms with Crippen LogP contribution in [-0.4, -0.2) is 25.2 Å². The van der Waals surface area contributed by atoms with Crippen molar-refractivity contribution in [1.29, 1.82) is 0 Å². The molecule has 0 radical (unpaired) electrons. The first-order chi connectivity index (χ1) is 14.9. The molecule has 1 atom stereocenters. The minimum Gasteiger partial charge on any atom is -0.312 e. The molecule has 166 valence electrons. The van der Waals surface area contributed by atoms with Gasteiger partial charge >= 0.3 is 5.69 Å². The number of nitrogens with zero attached hydrogens (tertiary/aromatic N) is 5. The highest BCUT2D eigenvalue weighted by Gasteiger charge is 2.29. The largest absolute Gasteiger partial charge is 0.332 e. The molecule has 0 aliphatic carbocycles. The van der Waals surface area contributed by atoms with E-state index in [2.05, 4.69) is 43.9 Å².